The predicted molar refractivity (Wildman–Crippen MR) is 150 cm³/mol. The van der Waals surface area contributed by atoms with Gasteiger partial charge >= 0.3 is 23.9 Å². The zero-order valence-corrected chi connectivity index (χ0v) is 24.1. The van der Waals surface area contributed by atoms with E-state index in [0.29, 0.717) is 71.8 Å². The summed E-state index contributed by atoms with van der Waals surface area (Å²) < 4.78 is 10.8. The van der Waals surface area contributed by atoms with Gasteiger partial charge in [0.25, 0.3) is 0 Å². The van der Waals surface area contributed by atoms with E-state index in [2.05, 4.69) is 0 Å². The number of esters is 1. The van der Waals surface area contributed by atoms with Gasteiger partial charge < -0.3 is 24.8 Å². The van der Waals surface area contributed by atoms with Crippen LogP contribution in [0.25, 0.3) is 0 Å². The van der Waals surface area contributed by atoms with E-state index in [1.54, 1.807) is 14.7 Å². The lowest BCUT2D eigenvalue weighted by atomic mass is 10.0. The number of carboxylic acid groups (broad SMARTS) is 3. The fraction of sp³-hybridized carbons (Fsp3) is 0.643. The van der Waals surface area contributed by atoms with Gasteiger partial charge in [0.2, 0.25) is 0 Å². The topological polar surface area (TPSA) is 160 Å². The van der Waals surface area contributed by atoms with Crippen LogP contribution < -0.4 is 4.74 Å². The Kier molecular flexibility index (Phi) is 15.1. The Bertz CT molecular complexity index is 944. The van der Waals surface area contributed by atoms with E-state index in [1.807, 2.05) is 36.1 Å². The van der Waals surface area contributed by atoms with Gasteiger partial charge in [-0.1, -0.05) is 19.1 Å². The minimum atomic E-state index is -1.01. The van der Waals surface area contributed by atoms with E-state index in [9.17, 15) is 34.5 Å². The van der Waals surface area contributed by atoms with Gasteiger partial charge in [-0.3, -0.25) is 38.8 Å². The van der Waals surface area contributed by atoms with Crippen LogP contribution >= 0.6 is 0 Å². The number of methoxy groups -OCH3 is 1. The molecular weight excluding hydrogens is 536 g/mol. The van der Waals surface area contributed by atoms with Crippen molar-refractivity contribution < 1.29 is 44.0 Å². The van der Waals surface area contributed by atoms with Gasteiger partial charge in [0.1, 0.15) is 11.8 Å². The maximum absolute atomic E-state index is 13.0. The first-order chi connectivity index (χ1) is 19.6. The van der Waals surface area contributed by atoms with Crippen LogP contribution in [0.2, 0.25) is 0 Å². The number of rotatable bonds is 14. The molecule has 0 aromatic heterocycles. The molecular formula is C28H44N4O9. The molecule has 0 aliphatic carbocycles. The summed E-state index contributed by atoms with van der Waals surface area (Å²) in [5, 5.41) is 28.2. The average molecular weight is 581 g/mol. The number of hydrogen-bond donors (Lipinski definition) is 3. The van der Waals surface area contributed by atoms with Crippen molar-refractivity contribution in [2.75, 3.05) is 85.7 Å². The molecule has 1 heterocycles. The minimum absolute atomic E-state index is 0.227. The molecule has 0 saturated carbocycles. The largest absolute Gasteiger partial charge is 0.494 e. The lowest BCUT2D eigenvalue weighted by molar-refractivity contribution is -0.148. The Morgan fingerprint density at radius 1 is 0.756 bits per heavy atom. The highest BCUT2D eigenvalue weighted by atomic mass is 16.5. The normalized spacial score (nSPS) is 17.6. The summed E-state index contributed by atoms with van der Waals surface area (Å²) in [4.78, 5) is 54.5. The first kappa shape index (κ1) is 33.9. The van der Waals surface area contributed by atoms with Crippen LogP contribution in [-0.2, 0) is 30.3 Å². The van der Waals surface area contributed by atoms with Crippen molar-refractivity contribution in [2.45, 2.75) is 32.2 Å². The fourth-order valence-electron chi connectivity index (χ4n) is 4.77. The third-order valence-corrected chi connectivity index (χ3v) is 6.97. The van der Waals surface area contributed by atoms with Crippen molar-refractivity contribution in [1.82, 2.24) is 19.6 Å². The number of benzene rings is 1. The number of hydrogen-bond acceptors (Lipinski definition) is 10. The monoisotopic (exact) mass is 580 g/mol. The lowest BCUT2D eigenvalue weighted by Gasteiger charge is -2.35. The van der Waals surface area contributed by atoms with E-state index < -0.39 is 29.9 Å². The molecule has 1 aliphatic rings. The minimum Gasteiger partial charge on any atom is -0.494 e. The summed E-state index contributed by atoms with van der Waals surface area (Å²) in [7, 11) is 1.33. The molecule has 1 saturated heterocycles. The van der Waals surface area contributed by atoms with Crippen LogP contribution in [0.1, 0.15) is 25.3 Å². The third kappa shape index (κ3) is 13.3. The molecule has 0 spiro atoms. The molecule has 1 fully saturated rings. The average Bonchev–Trinajstić information content (AvgIpc) is 2.92. The molecule has 1 aliphatic heterocycles. The van der Waals surface area contributed by atoms with Crippen LogP contribution in [0.3, 0.4) is 0 Å². The van der Waals surface area contributed by atoms with E-state index in [0.717, 1.165) is 17.7 Å². The van der Waals surface area contributed by atoms with Crippen LogP contribution in [-0.4, -0.2) is 151 Å². The highest BCUT2D eigenvalue weighted by Gasteiger charge is 2.29. The van der Waals surface area contributed by atoms with Crippen LogP contribution in [0, 0.1) is 0 Å². The van der Waals surface area contributed by atoms with E-state index in [1.165, 1.54) is 7.11 Å². The number of carboxylic acids is 3. The molecule has 1 unspecified atom stereocenters. The summed E-state index contributed by atoms with van der Waals surface area (Å²) >= 11 is 0. The van der Waals surface area contributed by atoms with Crippen molar-refractivity contribution in [3.63, 3.8) is 0 Å². The Balaban J connectivity index is 2.24. The smallest absolute Gasteiger partial charge is 0.323 e. The van der Waals surface area contributed by atoms with Gasteiger partial charge in [-0.15, -0.1) is 0 Å². The van der Waals surface area contributed by atoms with Gasteiger partial charge in [0.15, 0.2) is 0 Å². The number of carbonyl (C=O) groups is 4. The second-order valence-electron chi connectivity index (χ2n) is 10.1. The molecule has 230 valence electrons. The second kappa shape index (κ2) is 18.2. The van der Waals surface area contributed by atoms with Gasteiger partial charge in [-0.25, -0.2) is 0 Å². The second-order valence-corrected chi connectivity index (χ2v) is 10.1. The Labute approximate surface area is 241 Å². The Hall–Kier alpha value is -3.26. The molecule has 3 N–H and O–H groups in total. The molecule has 0 radical (unpaired) electrons. The number of aryl methyl sites for hydroxylation is 1. The summed E-state index contributed by atoms with van der Waals surface area (Å²) in [6.45, 7) is 4.54. The van der Waals surface area contributed by atoms with E-state index in [4.69, 9.17) is 9.47 Å². The first-order valence-corrected chi connectivity index (χ1v) is 14.0. The molecule has 0 bridgehead atoms. The number of nitrogens with zero attached hydrogens (tertiary/aromatic N) is 4. The summed E-state index contributed by atoms with van der Waals surface area (Å²) in [5.41, 5.74) is 1.02. The molecule has 1 atom stereocenters. The lowest BCUT2D eigenvalue weighted by Crippen LogP contribution is -2.52. The zero-order chi connectivity index (χ0) is 30.2. The van der Waals surface area contributed by atoms with Gasteiger partial charge in [-0.05, 0) is 37.0 Å². The van der Waals surface area contributed by atoms with Gasteiger partial charge in [0.05, 0.1) is 33.4 Å². The molecule has 0 amide bonds. The number of ether oxygens (including phenoxy) is 2. The van der Waals surface area contributed by atoms with Crippen molar-refractivity contribution >= 4 is 23.9 Å². The van der Waals surface area contributed by atoms with Gasteiger partial charge in [-0.2, -0.15) is 0 Å². The number of aliphatic carboxylic acids is 3. The predicted octanol–water partition coefficient (Wildman–Crippen LogP) is 0.425. The Morgan fingerprint density at radius 3 is 1.59 bits per heavy atom. The van der Waals surface area contributed by atoms with Crippen LogP contribution in [0.5, 0.6) is 5.75 Å². The van der Waals surface area contributed by atoms with Crippen molar-refractivity contribution in [2.24, 2.45) is 0 Å². The SMILES string of the molecule is CCCOc1ccc(CCC(C(=O)OC)N2CCN(CC(=O)O)CCN(CC(=O)O)CCN(CC(=O)O)CC2)cc1. The first-order valence-electron chi connectivity index (χ1n) is 14.0. The maximum atomic E-state index is 13.0. The summed E-state index contributed by atoms with van der Waals surface area (Å²) in [6, 6.07) is 7.09. The molecule has 2 rings (SSSR count). The fourth-order valence-corrected chi connectivity index (χ4v) is 4.77. The van der Waals surface area contributed by atoms with Crippen molar-refractivity contribution in [1.29, 1.82) is 0 Å². The van der Waals surface area contributed by atoms with Crippen molar-refractivity contribution in [3.8, 4) is 5.75 Å². The molecule has 1 aromatic carbocycles. The van der Waals surface area contributed by atoms with Crippen LogP contribution in [0.15, 0.2) is 24.3 Å². The highest BCUT2D eigenvalue weighted by Crippen LogP contribution is 2.17. The standard InChI is InChI=1S/C28H44N4O9/c1-3-18-41-23-7-4-22(5-8-23)6-9-24(28(39)40-2)32-16-14-30(20-26(35)36)12-10-29(19-25(33)34)11-13-31(15-17-32)21-27(37)38/h4-5,7-8,24H,3,6,9-21H2,1-2H3,(H,33,34)(H,35,36)(H,37,38). The Morgan fingerprint density at radius 2 is 1.20 bits per heavy atom. The highest BCUT2D eigenvalue weighted by molar-refractivity contribution is 5.75. The van der Waals surface area contributed by atoms with Crippen molar-refractivity contribution in [3.05, 3.63) is 29.8 Å². The molecule has 13 nitrogen and oxygen atoms in total. The maximum Gasteiger partial charge on any atom is 0.323 e. The summed E-state index contributed by atoms with van der Waals surface area (Å²) in [6.07, 6.45) is 1.95. The molecule has 1 aromatic rings. The zero-order valence-electron chi connectivity index (χ0n) is 24.1. The van der Waals surface area contributed by atoms with Gasteiger partial charge in [0, 0.05) is 52.4 Å². The van der Waals surface area contributed by atoms with E-state index in [-0.39, 0.29) is 19.6 Å². The molecule has 13 heteroatoms. The third-order valence-electron chi connectivity index (χ3n) is 6.97. The summed E-state index contributed by atoms with van der Waals surface area (Å²) in [5.74, 6) is -2.65. The van der Waals surface area contributed by atoms with Crippen LogP contribution in [0.4, 0.5) is 0 Å². The molecule has 41 heavy (non-hydrogen) atoms. The van der Waals surface area contributed by atoms with E-state index >= 15 is 0 Å². The quantitative estimate of drug-likeness (QED) is 0.260. The number of carbonyl (C=O) groups excluding carboxylic acids is 1.